The zero-order chi connectivity index (χ0) is 15.9. The summed E-state index contributed by atoms with van der Waals surface area (Å²) < 4.78 is 11.1. The van der Waals surface area contributed by atoms with E-state index in [4.69, 9.17) is 15.2 Å². The predicted octanol–water partition coefficient (Wildman–Crippen LogP) is 4.15. The van der Waals surface area contributed by atoms with Crippen LogP contribution in [0.15, 0.2) is 42.5 Å². The molecule has 0 unspecified atom stereocenters. The first-order valence-electron chi connectivity index (χ1n) is 7.04. The first-order chi connectivity index (χ1) is 10.6. The quantitative estimate of drug-likeness (QED) is 0.359. The molecular formula is C16H18N2O4. The highest BCUT2D eigenvalue weighted by Crippen LogP contribution is 2.30. The molecule has 6 heteroatoms. The summed E-state index contributed by atoms with van der Waals surface area (Å²) in [6.07, 6.45) is 2.09. The standard InChI is InChI=1S/C16H18N2O4/c1-2-3-10-21-12-4-6-13(7-5-12)22-14-8-9-15(17)16(11-14)18(19)20/h4-9,11H,2-3,10,17H2,1H3. The predicted molar refractivity (Wildman–Crippen MR) is 84.4 cm³/mol. The van der Waals surface area contributed by atoms with E-state index < -0.39 is 4.92 Å². The molecule has 0 fully saturated rings. The van der Waals surface area contributed by atoms with Crippen molar-refractivity contribution in [3.05, 3.63) is 52.6 Å². The normalized spacial score (nSPS) is 10.2. The third kappa shape index (κ3) is 4.12. The fraction of sp³-hybridized carbons (Fsp3) is 0.250. The van der Waals surface area contributed by atoms with Gasteiger partial charge in [-0.25, -0.2) is 0 Å². The number of nitrogens with two attached hydrogens (primary N) is 1. The molecule has 22 heavy (non-hydrogen) atoms. The van der Waals surface area contributed by atoms with Crippen LogP contribution in [0, 0.1) is 10.1 Å². The van der Waals surface area contributed by atoms with Crippen LogP contribution in [0.25, 0.3) is 0 Å². The summed E-state index contributed by atoms with van der Waals surface area (Å²) in [6, 6.07) is 11.5. The minimum Gasteiger partial charge on any atom is -0.494 e. The molecule has 2 N–H and O–H groups in total. The Bertz CT molecular complexity index is 641. The first kappa shape index (κ1) is 15.6. The highest BCUT2D eigenvalue weighted by molar-refractivity contribution is 5.61. The van der Waals surface area contributed by atoms with E-state index >= 15 is 0 Å². The van der Waals surface area contributed by atoms with E-state index in [1.165, 1.54) is 12.1 Å². The SMILES string of the molecule is CCCCOc1ccc(Oc2ccc(N)c([N+](=O)[O-])c2)cc1. The molecule has 2 aromatic rings. The van der Waals surface area contributed by atoms with Gasteiger partial charge >= 0.3 is 0 Å². The van der Waals surface area contributed by atoms with E-state index in [-0.39, 0.29) is 11.4 Å². The number of nitro benzene ring substituents is 1. The number of nitro groups is 1. The average Bonchev–Trinajstić information content (AvgIpc) is 2.51. The monoisotopic (exact) mass is 302 g/mol. The highest BCUT2D eigenvalue weighted by atomic mass is 16.6. The molecular weight excluding hydrogens is 284 g/mol. The van der Waals surface area contributed by atoms with Crippen LogP contribution in [0.2, 0.25) is 0 Å². The lowest BCUT2D eigenvalue weighted by Gasteiger charge is -2.08. The van der Waals surface area contributed by atoms with Crippen molar-refractivity contribution >= 4 is 11.4 Å². The number of anilines is 1. The van der Waals surface area contributed by atoms with E-state index in [2.05, 4.69) is 6.92 Å². The van der Waals surface area contributed by atoms with Gasteiger partial charge in [-0.3, -0.25) is 10.1 Å². The topological polar surface area (TPSA) is 87.6 Å². The van der Waals surface area contributed by atoms with Gasteiger partial charge in [0, 0.05) is 0 Å². The molecule has 0 aliphatic rings. The van der Waals surface area contributed by atoms with Crippen molar-refractivity contribution in [2.24, 2.45) is 0 Å². The maximum atomic E-state index is 10.8. The molecule has 2 rings (SSSR count). The molecule has 0 aliphatic heterocycles. The molecule has 0 saturated carbocycles. The van der Waals surface area contributed by atoms with Crippen LogP contribution in [0.5, 0.6) is 17.2 Å². The number of rotatable bonds is 7. The number of hydrogen-bond acceptors (Lipinski definition) is 5. The minimum absolute atomic E-state index is 0.108. The van der Waals surface area contributed by atoms with Gasteiger partial charge in [0.25, 0.3) is 5.69 Å². The van der Waals surface area contributed by atoms with Crippen molar-refractivity contribution in [3.8, 4) is 17.2 Å². The summed E-state index contributed by atoms with van der Waals surface area (Å²) >= 11 is 0. The Kier molecular flexibility index (Phi) is 5.19. The largest absolute Gasteiger partial charge is 0.494 e. The molecule has 0 saturated heterocycles. The maximum Gasteiger partial charge on any atom is 0.295 e. The van der Waals surface area contributed by atoms with Gasteiger partial charge in [0.15, 0.2) is 0 Å². The van der Waals surface area contributed by atoms with E-state index in [1.807, 2.05) is 0 Å². The molecule has 0 spiro atoms. The lowest BCUT2D eigenvalue weighted by molar-refractivity contribution is -0.384. The van der Waals surface area contributed by atoms with E-state index in [1.54, 1.807) is 30.3 Å². The lowest BCUT2D eigenvalue weighted by atomic mass is 10.2. The summed E-state index contributed by atoms with van der Waals surface area (Å²) in [5, 5.41) is 10.8. The van der Waals surface area contributed by atoms with Crippen LogP contribution in [0.1, 0.15) is 19.8 Å². The Morgan fingerprint density at radius 2 is 1.73 bits per heavy atom. The van der Waals surface area contributed by atoms with Crippen LogP contribution in [0.4, 0.5) is 11.4 Å². The van der Waals surface area contributed by atoms with Gasteiger partial charge < -0.3 is 15.2 Å². The maximum absolute atomic E-state index is 10.8. The molecule has 116 valence electrons. The summed E-state index contributed by atoms with van der Waals surface area (Å²) in [4.78, 5) is 10.3. The number of nitrogens with zero attached hydrogens (tertiary/aromatic N) is 1. The Labute approximate surface area is 128 Å². The van der Waals surface area contributed by atoms with Crippen molar-refractivity contribution in [1.29, 1.82) is 0 Å². The molecule has 0 bridgehead atoms. The third-order valence-corrected chi connectivity index (χ3v) is 3.02. The highest BCUT2D eigenvalue weighted by Gasteiger charge is 2.12. The van der Waals surface area contributed by atoms with Crippen molar-refractivity contribution in [2.45, 2.75) is 19.8 Å². The number of hydrogen-bond donors (Lipinski definition) is 1. The fourth-order valence-corrected chi connectivity index (χ4v) is 1.82. The van der Waals surface area contributed by atoms with Gasteiger partial charge in [0.05, 0.1) is 17.6 Å². The number of ether oxygens (including phenoxy) is 2. The van der Waals surface area contributed by atoms with Crippen molar-refractivity contribution in [3.63, 3.8) is 0 Å². The fourth-order valence-electron chi connectivity index (χ4n) is 1.82. The van der Waals surface area contributed by atoms with Crippen LogP contribution < -0.4 is 15.2 Å². The second-order valence-electron chi connectivity index (χ2n) is 4.75. The lowest BCUT2D eigenvalue weighted by Crippen LogP contribution is -1.97. The Morgan fingerprint density at radius 3 is 2.36 bits per heavy atom. The van der Waals surface area contributed by atoms with Crippen LogP contribution >= 0.6 is 0 Å². The van der Waals surface area contributed by atoms with Crippen molar-refractivity contribution in [2.75, 3.05) is 12.3 Å². The van der Waals surface area contributed by atoms with Gasteiger partial charge in [0.1, 0.15) is 22.9 Å². The molecule has 0 aliphatic carbocycles. The molecule has 2 aromatic carbocycles. The Hall–Kier alpha value is -2.76. The first-order valence-corrected chi connectivity index (χ1v) is 7.04. The van der Waals surface area contributed by atoms with Crippen molar-refractivity contribution in [1.82, 2.24) is 0 Å². The zero-order valence-corrected chi connectivity index (χ0v) is 12.3. The van der Waals surface area contributed by atoms with Crippen LogP contribution in [-0.4, -0.2) is 11.5 Å². The van der Waals surface area contributed by atoms with Gasteiger partial charge in [-0.1, -0.05) is 13.3 Å². The second-order valence-corrected chi connectivity index (χ2v) is 4.75. The minimum atomic E-state index is -0.535. The Morgan fingerprint density at radius 1 is 1.09 bits per heavy atom. The van der Waals surface area contributed by atoms with Gasteiger partial charge in [-0.15, -0.1) is 0 Å². The average molecular weight is 302 g/mol. The number of unbranched alkanes of at least 4 members (excludes halogenated alkanes) is 1. The van der Waals surface area contributed by atoms with Crippen LogP contribution in [0.3, 0.4) is 0 Å². The summed E-state index contributed by atoms with van der Waals surface area (Å²) in [5.41, 5.74) is 5.49. The van der Waals surface area contributed by atoms with E-state index in [9.17, 15) is 10.1 Å². The second kappa shape index (κ2) is 7.31. The van der Waals surface area contributed by atoms with Crippen LogP contribution in [-0.2, 0) is 0 Å². The molecule has 0 heterocycles. The third-order valence-electron chi connectivity index (χ3n) is 3.02. The molecule has 0 aromatic heterocycles. The molecule has 0 atom stereocenters. The van der Waals surface area contributed by atoms with Gasteiger partial charge in [0.2, 0.25) is 0 Å². The molecule has 6 nitrogen and oxygen atoms in total. The number of benzene rings is 2. The summed E-state index contributed by atoms with van der Waals surface area (Å²) in [5.74, 6) is 1.70. The summed E-state index contributed by atoms with van der Waals surface area (Å²) in [6.45, 7) is 2.78. The summed E-state index contributed by atoms with van der Waals surface area (Å²) in [7, 11) is 0. The smallest absolute Gasteiger partial charge is 0.295 e. The van der Waals surface area contributed by atoms with Gasteiger partial charge in [-0.2, -0.15) is 0 Å². The molecule has 0 radical (unpaired) electrons. The molecule has 0 amide bonds. The van der Waals surface area contributed by atoms with E-state index in [0.29, 0.717) is 18.1 Å². The Balaban J connectivity index is 2.04. The van der Waals surface area contributed by atoms with E-state index in [0.717, 1.165) is 18.6 Å². The zero-order valence-electron chi connectivity index (χ0n) is 12.3. The number of nitrogen functional groups attached to an aromatic ring is 1. The van der Waals surface area contributed by atoms with Crippen molar-refractivity contribution < 1.29 is 14.4 Å². The van der Waals surface area contributed by atoms with Gasteiger partial charge in [-0.05, 0) is 42.8 Å².